The second-order valence-corrected chi connectivity index (χ2v) is 24.5. The van der Waals surface area contributed by atoms with Crippen LogP contribution in [0.1, 0.15) is 134 Å². The van der Waals surface area contributed by atoms with E-state index >= 15 is 0 Å². The molecule has 472 valence electrons. The number of nitrogens with one attached hydrogen (secondary N) is 7. The second kappa shape index (κ2) is 31.6. The van der Waals surface area contributed by atoms with Crippen molar-refractivity contribution >= 4 is 64.9 Å². The third kappa shape index (κ3) is 19.5. The summed E-state index contributed by atoms with van der Waals surface area (Å²) in [5.74, 6) is 1.98. The number of likely N-dealkylation sites (N-methyl/N-ethyl adjacent to an activating group) is 2. The highest BCUT2D eigenvalue weighted by molar-refractivity contribution is 6.00. The van der Waals surface area contributed by atoms with E-state index in [0.717, 1.165) is 27.8 Å². The molecule has 5 rings (SSSR count). The number of alkyl carbamates (subject to hydrolysis) is 1. The van der Waals surface area contributed by atoms with E-state index in [0.29, 0.717) is 22.5 Å². The zero-order chi connectivity index (χ0) is 65.2. The molecule has 0 spiro atoms. The van der Waals surface area contributed by atoms with Crippen molar-refractivity contribution in [3.8, 4) is 11.8 Å². The minimum Gasteiger partial charge on any atom is -0.478 e. The molecule has 0 unspecified atom stereocenters. The van der Waals surface area contributed by atoms with Gasteiger partial charge in [-0.3, -0.25) is 28.8 Å². The van der Waals surface area contributed by atoms with Crippen LogP contribution in [0.2, 0.25) is 0 Å². The van der Waals surface area contributed by atoms with E-state index in [-0.39, 0.29) is 75.2 Å². The fraction of sp³-hybridized carbons (Fsp3) is 0.448. The number of carboxylic acids is 1. The van der Waals surface area contributed by atoms with Gasteiger partial charge < -0.3 is 62.6 Å². The Morgan fingerprint density at radius 2 is 1.42 bits per heavy atom. The number of carbonyl (C=O) groups excluding carboxylic acids is 8. The summed E-state index contributed by atoms with van der Waals surface area (Å²) >= 11 is 0. The molecule has 5 atom stereocenters. The molecular formula is C67H88N10O11. The zero-order valence-corrected chi connectivity index (χ0v) is 52.9. The number of carboxylic acid groups (broad SMARTS) is 1. The third-order valence-corrected chi connectivity index (χ3v) is 15.6. The standard InChI is InChI=1S/C67H88N10O11/c1-40(2)53(36-43(6)63(84)85)76(13)62(83)58(66(7,8)9)75-61(82)57(69-12)67(10,11)49-29-28-47(42(5)35-49)37-71-65(87)88-39-44-24-30-50(31-25-44)72-59(80)51(22-18-34-70-64(68)86)73-60(81)56(41(3)4)74-54(78)32-33-55(79)77-38-48-21-15-14-19-45(48)26-27-46-20-16-17-23-52(46)77/h14-17,19-21,23-25,28-31,35-36,40-41,51,53,56-58,69H,18,22,32-34,37-39H2,1-13H3,(H,71,87)(H,72,80)(H,73,81)(H,74,78)(H,75,82)(H,84,85)(H3,68,70,86)/b43-36+/t51-,53-,56-,57-,58+/m0/s1. The highest BCUT2D eigenvalue weighted by Gasteiger charge is 2.42. The number of ether oxygens (including phenoxy) is 1. The Kier molecular flexibility index (Phi) is 25.0. The summed E-state index contributed by atoms with van der Waals surface area (Å²) < 4.78 is 5.53. The molecule has 0 bridgehead atoms. The van der Waals surface area contributed by atoms with E-state index < -0.39 is 88.7 Å². The quantitative estimate of drug-likeness (QED) is 0.0165. The molecule has 1 aliphatic heterocycles. The van der Waals surface area contributed by atoms with Crippen LogP contribution in [-0.4, -0.2) is 114 Å². The molecule has 0 saturated carbocycles. The Morgan fingerprint density at radius 3 is 2.03 bits per heavy atom. The number of nitrogens with two attached hydrogens (primary N) is 1. The van der Waals surface area contributed by atoms with Crippen LogP contribution in [0.5, 0.6) is 0 Å². The van der Waals surface area contributed by atoms with Crippen LogP contribution in [0.15, 0.2) is 103 Å². The number of primary amides is 1. The minimum absolute atomic E-state index is 0.0913. The molecule has 0 radical (unpaired) electrons. The molecule has 0 aliphatic carbocycles. The van der Waals surface area contributed by atoms with E-state index in [9.17, 15) is 48.3 Å². The second-order valence-electron chi connectivity index (χ2n) is 24.5. The first-order chi connectivity index (χ1) is 41.4. The number of urea groups is 1. The fourth-order valence-corrected chi connectivity index (χ4v) is 10.3. The van der Waals surface area contributed by atoms with Gasteiger partial charge in [0.2, 0.25) is 35.4 Å². The molecule has 0 fully saturated rings. The molecule has 1 aliphatic rings. The Bertz CT molecular complexity index is 3280. The summed E-state index contributed by atoms with van der Waals surface area (Å²) in [6.45, 7) is 20.5. The maximum absolute atomic E-state index is 14.2. The van der Waals surface area contributed by atoms with E-state index in [1.165, 1.54) is 11.8 Å². The summed E-state index contributed by atoms with van der Waals surface area (Å²) in [6.07, 6.45) is 0.874. The number of fused-ring (bicyclic) bond motifs is 2. The van der Waals surface area contributed by atoms with Gasteiger partial charge in [0, 0.05) is 60.8 Å². The minimum atomic E-state index is -1.11. The van der Waals surface area contributed by atoms with Crippen molar-refractivity contribution < 1.29 is 53.0 Å². The lowest BCUT2D eigenvalue weighted by molar-refractivity contribution is -0.141. The predicted molar refractivity (Wildman–Crippen MR) is 338 cm³/mol. The Hall–Kier alpha value is -9.03. The molecule has 21 heteroatoms. The lowest BCUT2D eigenvalue weighted by Gasteiger charge is -2.40. The molecule has 9 amide bonds. The number of rotatable bonds is 27. The lowest BCUT2D eigenvalue weighted by Crippen LogP contribution is -2.61. The van der Waals surface area contributed by atoms with Gasteiger partial charge in [-0.25, -0.2) is 14.4 Å². The van der Waals surface area contributed by atoms with E-state index in [1.54, 1.807) is 63.2 Å². The topological polar surface area (TPSA) is 300 Å². The van der Waals surface area contributed by atoms with Gasteiger partial charge in [-0.1, -0.05) is 141 Å². The van der Waals surface area contributed by atoms with Crippen molar-refractivity contribution in [2.75, 3.05) is 30.9 Å². The number of aliphatic carboxylic acids is 1. The van der Waals surface area contributed by atoms with Gasteiger partial charge in [-0.05, 0) is 109 Å². The van der Waals surface area contributed by atoms with Crippen LogP contribution in [0.4, 0.5) is 21.0 Å². The first-order valence-corrected chi connectivity index (χ1v) is 29.6. The van der Waals surface area contributed by atoms with Gasteiger partial charge in [0.1, 0.15) is 24.7 Å². The molecule has 0 saturated heterocycles. The van der Waals surface area contributed by atoms with Crippen molar-refractivity contribution in [3.05, 3.63) is 142 Å². The van der Waals surface area contributed by atoms with Crippen LogP contribution >= 0.6 is 0 Å². The van der Waals surface area contributed by atoms with Gasteiger partial charge in [-0.15, -0.1) is 0 Å². The first-order valence-electron chi connectivity index (χ1n) is 29.6. The van der Waals surface area contributed by atoms with Crippen molar-refractivity contribution in [2.24, 2.45) is 23.0 Å². The van der Waals surface area contributed by atoms with Crippen LogP contribution in [0, 0.1) is 36.0 Å². The number of amides is 9. The number of carbonyl (C=O) groups is 9. The SMILES string of the molecule is CN[C@@H](C(=O)N[C@H](C(=O)N(C)[C@@H](/C=C(\C)C(=O)O)C(C)C)C(C)(C)C)C(C)(C)c1ccc(CNC(=O)OCc2ccc(NC(=O)[C@H](CCCNC(N)=O)NC(=O)[C@@H](NC(=O)CCC(=O)N3Cc4ccccc4C#Cc4ccccc43)C(C)C)cc2)c(C)c1. The number of para-hydroxylation sites is 1. The molecule has 21 nitrogen and oxygen atoms in total. The summed E-state index contributed by atoms with van der Waals surface area (Å²) in [6, 6.07) is 22.0. The van der Waals surface area contributed by atoms with Gasteiger partial charge in [0.25, 0.3) is 0 Å². The largest absolute Gasteiger partial charge is 0.478 e. The average Bonchev–Trinajstić information content (AvgIpc) is 0.971. The predicted octanol–water partition coefficient (Wildman–Crippen LogP) is 7.07. The maximum Gasteiger partial charge on any atom is 0.407 e. The van der Waals surface area contributed by atoms with E-state index in [1.807, 2.05) is 122 Å². The normalized spacial score (nSPS) is 13.9. The van der Waals surface area contributed by atoms with Crippen LogP contribution in [0.25, 0.3) is 0 Å². The number of nitrogens with zero attached hydrogens (tertiary/aromatic N) is 2. The number of hydrogen-bond donors (Lipinski definition) is 9. The molecule has 0 aromatic heterocycles. The van der Waals surface area contributed by atoms with Crippen LogP contribution in [0.3, 0.4) is 0 Å². The highest BCUT2D eigenvalue weighted by atomic mass is 16.5. The number of anilines is 2. The van der Waals surface area contributed by atoms with Crippen LogP contribution in [-0.2, 0) is 63.4 Å². The highest BCUT2D eigenvalue weighted by Crippen LogP contribution is 2.32. The zero-order valence-electron chi connectivity index (χ0n) is 52.9. The molecule has 10 N–H and O–H groups in total. The van der Waals surface area contributed by atoms with Crippen molar-refractivity contribution in [2.45, 2.75) is 157 Å². The summed E-state index contributed by atoms with van der Waals surface area (Å²) in [5.41, 5.74) is 10.3. The number of aryl methyl sites for hydroxylation is 1. The van der Waals surface area contributed by atoms with Crippen molar-refractivity contribution in [1.82, 2.24) is 36.8 Å². The van der Waals surface area contributed by atoms with Crippen LogP contribution < -0.4 is 47.9 Å². The van der Waals surface area contributed by atoms with Gasteiger partial charge >= 0.3 is 18.1 Å². The third-order valence-electron chi connectivity index (χ3n) is 15.6. The molecule has 1 heterocycles. The molecule has 4 aromatic rings. The summed E-state index contributed by atoms with van der Waals surface area (Å²) in [4.78, 5) is 123. The van der Waals surface area contributed by atoms with Gasteiger partial charge in [0.05, 0.1) is 24.3 Å². The smallest absolute Gasteiger partial charge is 0.407 e. The van der Waals surface area contributed by atoms with Gasteiger partial charge in [0.15, 0.2) is 0 Å². The molecule has 4 aromatic carbocycles. The first kappa shape index (κ1) is 69.7. The number of benzene rings is 4. The monoisotopic (exact) mass is 1210 g/mol. The maximum atomic E-state index is 14.2. The Morgan fingerprint density at radius 1 is 0.773 bits per heavy atom. The molecular weight excluding hydrogens is 1120 g/mol. The van der Waals surface area contributed by atoms with Gasteiger partial charge in [-0.2, -0.15) is 0 Å². The summed E-state index contributed by atoms with van der Waals surface area (Å²) in [7, 11) is 3.30. The Balaban J connectivity index is 1.15. The Labute approximate surface area is 517 Å². The lowest BCUT2D eigenvalue weighted by atomic mass is 9.76. The number of hydrogen-bond acceptors (Lipinski definition) is 11. The molecule has 88 heavy (non-hydrogen) atoms. The summed E-state index contributed by atoms with van der Waals surface area (Å²) in [5, 5.41) is 29.4. The average molecular weight is 1210 g/mol. The van der Waals surface area contributed by atoms with Crippen molar-refractivity contribution in [1.29, 1.82) is 0 Å². The van der Waals surface area contributed by atoms with E-state index in [2.05, 4.69) is 49.1 Å². The fourth-order valence-electron chi connectivity index (χ4n) is 10.3. The van der Waals surface area contributed by atoms with Crippen molar-refractivity contribution in [3.63, 3.8) is 0 Å². The van der Waals surface area contributed by atoms with E-state index in [4.69, 9.17) is 10.5 Å².